The summed E-state index contributed by atoms with van der Waals surface area (Å²) >= 11 is 0. The van der Waals surface area contributed by atoms with Gasteiger partial charge in [0.15, 0.2) is 17.1 Å². The van der Waals surface area contributed by atoms with Crippen molar-refractivity contribution in [1.29, 1.82) is 5.26 Å². The van der Waals surface area contributed by atoms with Gasteiger partial charge in [0.1, 0.15) is 40.2 Å². The molecule has 106 heavy (non-hydrogen) atoms. The van der Waals surface area contributed by atoms with E-state index in [4.69, 9.17) is 5.26 Å². The third kappa shape index (κ3) is 14.5. The van der Waals surface area contributed by atoms with Gasteiger partial charge in [0, 0.05) is 63.9 Å². The number of halogens is 20. The van der Waals surface area contributed by atoms with Crippen molar-refractivity contribution in [2.45, 2.75) is 302 Å². The molecule has 0 amide bonds. The zero-order chi connectivity index (χ0) is 80.0. The zero-order valence-electron chi connectivity index (χ0n) is 62.6. The zero-order valence-corrected chi connectivity index (χ0v) is 62.6. The molecule has 0 unspecified atom stereocenters. The number of hydrogen-bond acceptors (Lipinski definition) is 7. The van der Waals surface area contributed by atoms with Crippen molar-refractivity contribution in [2.24, 2.45) is 17.8 Å². The molecular formula is C73H89F20N13. The fourth-order valence-electron chi connectivity index (χ4n) is 15.1. The van der Waals surface area contributed by atoms with Gasteiger partial charge in [0.05, 0.1) is 50.5 Å². The Balaban J connectivity index is 0.000000136. The molecule has 6 heterocycles. The highest BCUT2D eigenvalue weighted by Gasteiger charge is 2.71. The van der Waals surface area contributed by atoms with Crippen LogP contribution < -0.4 is 0 Å². The van der Waals surface area contributed by atoms with E-state index in [2.05, 4.69) is 82.0 Å². The Labute approximate surface area is 600 Å². The van der Waals surface area contributed by atoms with E-state index in [1.54, 1.807) is 46.2 Å². The maximum absolute atomic E-state index is 14.1. The molecule has 0 bridgehead atoms. The molecule has 0 saturated heterocycles. The molecule has 1 aromatic carbocycles. The molecule has 6 aromatic heterocycles. The van der Waals surface area contributed by atoms with Crippen molar-refractivity contribution in [2.75, 3.05) is 0 Å². The van der Waals surface area contributed by atoms with Crippen molar-refractivity contribution in [3.05, 3.63) is 114 Å². The minimum absolute atomic E-state index is 0.0252. The average molecular weight is 1530 g/mol. The number of hydrogen-bond donors (Lipinski definition) is 0. The van der Waals surface area contributed by atoms with Crippen LogP contribution in [0.5, 0.6) is 0 Å². The third-order valence-corrected chi connectivity index (χ3v) is 20.2. The Kier molecular flexibility index (Phi) is 19.7. The summed E-state index contributed by atoms with van der Waals surface area (Å²) in [4.78, 5) is 0. The van der Waals surface area contributed by atoms with E-state index in [9.17, 15) is 87.8 Å². The Hall–Kier alpha value is -7.17. The number of alkyl halides is 20. The second-order valence-corrected chi connectivity index (χ2v) is 34.9. The van der Waals surface area contributed by atoms with Crippen LogP contribution in [0.15, 0.2) is 18.3 Å². The SMILES string of the molecule is CC(C)(C)n1nc(C#N)c2c1C(F)(F)[C@@H]1C[C@H]21.CC(C)(C)n1nc(C(F)(F)F)c2c1C(F)(F)[C@@H]1C[C@H]21.CC(C)(C)n1nc(C(F)(F)F)c2c1CCCC2.CC(C)(C)n1nc(C(F)F)c2c1C(F)(F)CCC2(F)F.CC(C)(C)n1nc(C(F)F)c2c1C(F)(F)[C@@H]1C[C@H]21.Cc1cc2cnn(C(C)(C)C)c2cc1C. The molecule has 0 spiro atoms. The van der Waals surface area contributed by atoms with Crippen LogP contribution in [0.1, 0.15) is 296 Å². The van der Waals surface area contributed by atoms with Crippen molar-refractivity contribution >= 4 is 10.9 Å². The Bertz CT molecular complexity index is 4500. The molecule has 3 saturated carbocycles. The molecular weight excluding hydrogens is 1440 g/mol. The summed E-state index contributed by atoms with van der Waals surface area (Å²) in [6, 6.07) is 6.38. The Morgan fingerprint density at radius 3 is 1.27 bits per heavy atom. The van der Waals surface area contributed by atoms with Crippen LogP contribution in [-0.4, -0.2) is 58.7 Å². The highest BCUT2D eigenvalue weighted by Crippen LogP contribution is 2.71. The van der Waals surface area contributed by atoms with Gasteiger partial charge in [0.25, 0.3) is 42.5 Å². The van der Waals surface area contributed by atoms with Crippen LogP contribution >= 0.6 is 0 Å². The van der Waals surface area contributed by atoms with Crippen LogP contribution in [0, 0.1) is 42.9 Å². The Morgan fingerprint density at radius 1 is 0.443 bits per heavy atom. The first-order chi connectivity index (χ1) is 47.9. The van der Waals surface area contributed by atoms with Crippen molar-refractivity contribution in [3.8, 4) is 6.07 Å². The standard InChI is InChI=1S/C13H18N2.C12H14F6N2.C12H13F5N2.C12H14F4N2.C12H17F3N2.C12H13F2N3/c1-9-6-11-8-14-15(13(3,4)5)12(11)7-10(9)2;1-10(2,3)20-8-6(7(19-20)9(13)14)11(15,16)4-5-12(8,17)18;1-10(2,3)19-9-7(8(18-19)12(15,16)17)5-4-6(5)11(9,13)14;1-11(2,3)18-9-7(8(17-18)10(13)14)5-4-6(5)12(9,15)16;1-11(2,3)17-9-7-5-4-6-8(9)10(16-17)12(13,14)15;1-11(2,3)17-10-9(8(5-15)16-17)6-4-7(6)12(10,13)14/h6-8H,1-5H3;9H,4-5H2,1-3H3;5-6H,4H2,1-3H3;5-6,10H,4H2,1-3H3;4-7H2,1-3H3;6-7H,4H2,1-3H3/t;;2*5-,6+;;6-,7+/m..00.0/s1. The van der Waals surface area contributed by atoms with E-state index >= 15 is 0 Å². The second kappa shape index (κ2) is 25.7. The van der Waals surface area contributed by atoms with E-state index in [1.807, 2.05) is 53.8 Å². The summed E-state index contributed by atoms with van der Waals surface area (Å²) in [5, 5.41) is 33.2. The molecule has 8 aliphatic carbocycles. The lowest BCUT2D eigenvalue weighted by Crippen LogP contribution is -2.36. The fraction of sp³-hybridized carbons (Fsp3) is 0.685. The van der Waals surface area contributed by atoms with E-state index in [0.717, 1.165) is 27.9 Å². The van der Waals surface area contributed by atoms with Crippen LogP contribution in [0.4, 0.5) is 87.8 Å². The van der Waals surface area contributed by atoms with E-state index in [-0.39, 0.29) is 46.1 Å². The average Bonchev–Trinajstić information content (AvgIpc) is 1.52. The van der Waals surface area contributed by atoms with E-state index in [1.165, 1.54) is 47.5 Å². The van der Waals surface area contributed by atoms with Crippen molar-refractivity contribution < 1.29 is 87.8 Å². The minimum Gasteiger partial charge on any atom is -0.263 e. The van der Waals surface area contributed by atoms with Gasteiger partial charge in [-0.25, -0.2) is 26.3 Å². The van der Waals surface area contributed by atoms with Crippen LogP contribution in [0.3, 0.4) is 0 Å². The molecule has 8 aliphatic rings. The Morgan fingerprint density at radius 2 is 0.821 bits per heavy atom. The molecule has 3 fully saturated rings. The van der Waals surface area contributed by atoms with Crippen molar-refractivity contribution in [1.82, 2.24) is 58.7 Å². The quantitative estimate of drug-likeness (QED) is 0.158. The molecule has 6 atom stereocenters. The lowest BCUT2D eigenvalue weighted by Gasteiger charge is -2.32. The minimum atomic E-state index is -4.69. The summed E-state index contributed by atoms with van der Waals surface area (Å²) in [7, 11) is 0. The largest absolute Gasteiger partial charge is 0.435 e. The number of nitrogens with zero attached hydrogens (tertiary/aromatic N) is 13. The monoisotopic (exact) mass is 1530 g/mol. The highest BCUT2D eigenvalue weighted by molar-refractivity contribution is 5.80. The topological polar surface area (TPSA) is 131 Å². The normalized spacial score (nSPS) is 22.9. The predicted molar refractivity (Wildman–Crippen MR) is 353 cm³/mol. The van der Waals surface area contributed by atoms with Gasteiger partial charge in [-0.2, -0.15) is 97.3 Å². The maximum Gasteiger partial charge on any atom is 0.435 e. The van der Waals surface area contributed by atoms with Crippen LogP contribution in [0.25, 0.3) is 10.9 Å². The lowest BCUT2D eigenvalue weighted by atomic mass is 9.88. The fourth-order valence-corrected chi connectivity index (χ4v) is 15.1. The highest BCUT2D eigenvalue weighted by atomic mass is 19.4. The van der Waals surface area contributed by atoms with E-state index < -0.39 is 165 Å². The number of rotatable bonds is 2. The molecule has 13 nitrogen and oxygen atoms in total. The van der Waals surface area contributed by atoms with Crippen LogP contribution in [0.2, 0.25) is 0 Å². The number of aryl methyl sites for hydroxylation is 2. The van der Waals surface area contributed by atoms with Gasteiger partial charge in [-0.1, -0.05) is 0 Å². The first-order valence-corrected chi connectivity index (χ1v) is 35.0. The smallest absolute Gasteiger partial charge is 0.263 e. The van der Waals surface area contributed by atoms with Gasteiger partial charge in [-0.05, 0) is 224 Å². The lowest BCUT2D eigenvalue weighted by molar-refractivity contribution is -0.143. The molecule has 0 radical (unpaired) electrons. The predicted octanol–water partition coefficient (Wildman–Crippen LogP) is 21.9. The van der Waals surface area contributed by atoms with Crippen LogP contribution in [-0.2, 0) is 88.0 Å². The third-order valence-electron chi connectivity index (χ3n) is 20.2. The number of benzene rings is 1. The summed E-state index contributed by atoms with van der Waals surface area (Å²) in [6.45, 7) is 36.0. The molecule has 586 valence electrons. The maximum atomic E-state index is 14.1. The number of fused-ring (bicyclic) bond motifs is 12. The molecule has 0 N–H and O–H groups in total. The summed E-state index contributed by atoms with van der Waals surface area (Å²) in [6.07, 6.45) is -11.5. The number of nitriles is 1. The van der Waals surface area contributed by atoms with Gasteiger partial charge in [-0.3, -0.25) is 28.1 Å². The molecule has 0 aliphatic heterocycles. The summed E-state index contributed by atoms with van der Waals surface area (Å²) in [5.41, 5.74) is -4.80. The first kappa shape index (κ1) is 81.3. The molecule has 7 aromatic rings. The van der Waals surface area contributed by atoms with Gasteiger partial charge >= 0.3 is 12.4 Å². The van der Waals surface area contributed by atoms with E-state index in [0.29, 0.717) is 41.5 Å². The van der Waals surface area contributed by atoms with Crippen molar-refractivity contribution in [3.63, 3.8) is 0 Å². The van der Waals surface area contributed by atoms with Gasteiger partial charge < -0.3 is 0 Å². The summed E-state index contributed by atoms with van der Waals surface area (Å²) < 4.78 is 277. The van der Waals surface area contributed by atoms with Gasteiger partial charge in [-0.15, -0.1) is 0 Å². The summed E-state index contributed by atoms with van der Waals surface area (Å²) in [5.74, 6) is -20.0. The molecule has 33 heteroatoms. The number of aromatic nitrogens is 12. The first-order valence-electron chi connectivity index (χ1n) is 35.0. The molecule has 15 rings (SSSR count). The second-order valence-electron chi connectivity index (χ2n) is 34.9. The van der Waals surface area contributed by atoms with Gasteiger partial charge in [0.2, 0.25) is 0 Å².